The van der Waals surface area contributed by atoms with Crippen LogP contribution in [-0.4, -0.2) is 52.9 Å². The molecule has 1 aromatic rings. The molecular formula is C21H31N3O2S. The molecule has 0 bridgehead atoms. The molecule has 2 saturated heterocycles. The van der Waals surface area contributed by atoms with Gasteiger partial charge in [0, 0.05) is 51.4 Å². The van der Waals surface area contributed by atoms with Gasteiger partial charge in [-0.25, -0.2) is 0 Å². The topological polar surface area (TPSA) is 52.7 Å². The van der Waals surface area contributed by atoms with Gasteiger partial charge in [-0.15, -0.1) is 0 Å². The van der Waals surface area contributed by atoms with E-state index < -0.39 is 0 Å². The average Bonchev–Trinajstić information content (AvgIpc) is 3.03. The molecular weight excluding hydrogens is 358 g/mol. The molecule has 0 aliphatic carbocycles. The third kappa shape index (κ3) is 5.98. The van der Waals surface area contributed by atoms with Crippen molar-refractivity contribution in [3.63, 3.8) is 0 Å². The van der Waals surface area contributed by atoms with Gasteiger partial charge in [-0.3, -0.25) is 14.5 Å². The first-order valence-electron chi connectivity index (χ1n) is 9.99. The highest BCUT2D eigenvalue weighted by Crippen LogP contribution is 2.23. The average molecular weight is 390 g/mol. The van der Waals surface area contributed by atoms with E-state index >= 15 is 0 Å². The molecule has 0 radical (unpaired) electrons. The molecule has 1 aromatic carbocycles. The van der Waals surface area contributed by atoms with Crippen LogP contribution >= 0.6 is 11.8 Å². The molecule has 6 heteroatoms. The minimum atomic E-state index is 0.00900. The van der Waals surface area contributed by atoms with Gasteiger partial charge < -0.3 is 10.2 Å². The number of thioether (sulfide) groups is 1. The zero-order valence-electron chi connectivity index (χ0n) is 16.4. The van der Waals surface area contributed by atoms with Crippen LogP contribution in [-0.2, 0) is 17.9 Å². The maximum atomic E-state index is 12.2. The number of nitrogens with zero attached hydrogens (tertiary/aromatic N) is 2. The fourth-order valence-corrected chi connectivity index (χ4v) is 5.05. The summed E-state index contributed by atoms with van der Waals surface area (Å²) in [5.74, 6) is 2.33. The SMILES string of the molecule is C[C@@H]1C[C@@H](C)CN(Cc2ccccc2CNC(=O)CCN2CCSC2=O)C1. The van der Waals surface area contributed by atoms with Crippen molar-refractivity contribution in [2.45, 2.75) is 39.8 Å². The molecule has 0 unspecified atom stereocenters. The summed E-state index contributed by atoms with van der Waals surface area (Å²) in [6.45, 7) is 9.72. The number of hydrogen-bond donors (Lipinski definition) is 1. The Morgan fingerprint density at radius 3 is 2.56 bits per heavy atom. The van der Waals surface area contributed by atoms with E-state index in [0.717, 1.165) is 43.8 Å². The summed E-state index contributed by atoms with van der Waals surface area (Å²) in [6, 6.07) is 8.39. The van der Waals surface area contributed by atoms with Crippen molar-refractivity contribution in [1.29, 1.82) is 0 Å². The lowest BCUT2D eigenvalue weighted by molar-refractivity contribution is -0.121. The summed E-state index contributed by atoms with van der Waals surface area (Å²) in [6.07, 6.45) is 1.68. The number of carbonyl (C=O) groups excluding carboxylic acids is 2. The first-order valence-corrected chi connectivity index (χ1v) is 11.0. The zero-order valence-corrected chi connectivity index (χ0v) is 17.3. The van der Waals surface area contributed by atoms with Gasteiger partial charge in [-0.1, -0.05) is 49.9 Å². The highest BCUT2D eigenvalue weighted by molar-refractivity contribution is 8.13. The number of carbonyl (C=O) groups is 2. The van der Waals surface area contributed by atoms with Gasteiger partial charge in [0.15, 0.2) is 0 Å². The predicted molar refractivity (Wildman–Crippen MR) is 111 cm³/mol. The van der Waals surface area contributed by atoms with E-state index in [9.17, 15) is 9.59 Å². The van der Waals surface area contributed by atoms with Crippen LogP contribution in [0.25, 0.3) is 0 Å². The van der Waals surface area contributed by atoms with Crippen molar-refractivity contribution in [3.05, 3.63) is 35.4 Å². The Balaban J connectivity index is 1.50. The van der Waals surface area contributed by atoms with E-state index in [2.05, 4.69) is 42.3 Å². The third-order valence-corrected chi connectivity index (χ3v) is 6.28. The lowest BCUT2D eigenvalue weighted by Gasteiger charge is -2.35. The Bertz CT molecular complexity index is 657. The molecule has 0 spiro atoms. The molecule has 2 heterocycles. The van der Waals surface area contributed by atoms with Crippen LogP contribution < -0.4 is 5.32 Å². The molecule has 2 aliphatic heterocycles. The van der Waals surface area contributed by atoms with Gasteiger partial charge >= 0.3 is 0 Å². The normalized spacial score (nSPS) is 23.6. The van der Waals surface area contributed by atoms with Crippen LogP contribution in [0.4, 0.5) is 4.79 Å². The summed E-state index contributed by atoms with van der Waals surface area (Å²) >= 11 is 1.34. The van der Waals surface area contributed by atoms with Crippen molar-refractivity contribution in [3.8, 4) is 0 Å². The Labute approximate surface area is 166 Å². The summed E-state index contributed by atoms with van der Waals surface area (Å²) in [4.78, 5) is 28.1. The third-order valence-electron chi connectivity index (χ3n) is 5.39. The fourth-order valence-electron chi connectivity index (χ4n) is 4.19. The highest BCUT2D eigenvalue weighted by Gasteiger charge is 2.23. The maximum Gasteiger partial charge on any atom is 0.281 e. The van der Waals surface area contributed by atoms with Crippen LogP contribution in [0.15, 0.2) is 24.3 Å². The van der Waals surface area contributed by atoms with E-state index in [1.54, 1.807) is 4.90 Å². The number of amides is 2. The van der Waals surface area contributed by atoms with Crippen molar-refractivity contribution in [2.75, 3.05) is 31.9 Å². The summed E-state index contributed by atoms with van der Waals surface area (Å²) in [5, 5.41) is 3.13. The van der Waals surface area contributed by atoms with E-state index in [-0.39, 0.29) is 11.1 Å². The van der Waals surface area contributed by atoms with Crippen molar-refractivity contribution < 1.29 is 9.59 Å². The maximum absolute atomic E-state index is 12.2. The molecule has 3 rings (SSSR count). The summed E-state index contributed by atoms with van der Waals surface area (Å²) < 4.78 is 0. The summed E-state index contributed by atoms with van der Waals surface area (Å²) in [7, 11) is 0. The Hall–Kier alpha value is -1.53. The van der Waals surface area contributed by atoms with Gasteiger partial charge in [0.2, 0.25) is 5.91 Å². The number of likely N-dealkylation sites (tertiary alicyclic amines) is 1. The predicted octanol–water partition coefficient (Wildman–Crippen LogP) is 3.34. The smallest absolute Gasteiger partial charge is 0.281 e. The first kappa shape index (κ1) is 20.2. The molecule has 148 valence electrons. The van der Waals surface area contributed by atoms with Crippen LogP contribution in [0, 0.1) is 11.8 Å². The van der Waals surface area contributed by atoms with Gasteiger partial charge in [0.1, 0.15) is 0 Å². The number of hydrogen-bond acceptors (Lipinski definition) is 4. The largest absolute Gasteiger partial charge is 0.352 e. The highest BCUT2D eigenvalue weighted by atomic mass is 32.2. The second kappa shape index (κ2) is 9.60. The Morgan fingerprint density at radius 2 is 1.89 bits per heavy atom. The molecule has 2 amide bonds. The monoisotopic (exact) mass is 389 g/mol. The van der Waals surface area contributed by atoms with Crippen LogP contribution in [0.5, 0.6) is 0 Å². The lowest BCUT2D eigenvalue weighted by Crippen LogP contribution is -2.38. The molecule has 0 saturated carbocycles. The standard InChI is InChI=1S/C21H31N3O2S/c1-16-11-17(2)14-23(13-16)15-19-6-4-3-5-18(19)12-22-20(25)7-8-24-9-10-27-21(24)26/h3-6,16-17H,7-15H2,1-2H3,(H,22,25)/t16-,17-/m1/s1. The molecule has 0 aromatic heterocycles. The molecule has 2 fully saturated rings. The van der Waals surface area contributed by atoms with E-state index in [4.69, 9.17) is 0 Å². The summed E-state index contributed by atoms with van der Waals surface area (Å²) in [5.41, 5.74) is 2.48. The first-order chi connectivity index (χ1) is 13.0. The van der Waals surface area contributed by atoms with Gasteiger partial charge in [-0.2, -0.15) is 0 Å². The quantitative estimate of drug-likeness (QED) is 0.777. The number of piperidine rings is 1. The van der Waals surface area contributed by atoms with Crippen LogP contribution in [0.3, 0.4) is 0 Å². The van der Waals surface area contributed by atoms with Crippen LogP contribution in [0.1, 0.15) is 37.8 Å². The van der Waals surface area contributed by atoms with Gasteiger partial charge in [-0.05, 0) is 29.4 Å². The molecule has 27 heavy (non-hydrogen) atoms. The number of nitrogens with one attached hydrogen (secondary N) is 1. The van der Waals surface area contributed by atoms with E-state index in [1.807, 2.05) is 6.07 Å². The minimum Gasteiger partial charge on any atom is -0.352 e. The second-order valence-electron chi connectivity index (χ2n) is 8.04. The fraction of sp³-hybridized carbons (Fsp3) is 0.619. The lowest BCUT2D eigenvalue weighted by atomic mass is 9.91. The van der Waals surface area contributed by atoms with E-state index in [0.29, 0.717) is 19.5 Å². The Kier molecular flexibility index (Phi) is 7.19. The minimum absolute atomic E-state index is 0.00900. The van der Waals surface area contributed by atoms with Crippen LogP contribution in [0.2, 0.25) is 0 Å². The van der Waals surface area contributed by atoms with Gasteiger partial charge in [0.05, 0.1) is 0 Å². The molecule has 2 aliphatic rings. The molecule has 5 nitrogen and oxygen atoms in total. The zero-order chi connectivity index (χ0) is 19.2. The van der Waals surface area contributed by atoms with Crippen molar-refractivity contribution in [1.82, 2.24) is 15.1 Å². The Morgan fingerprint density at radius 1 is 1.19 bits per heavy atom. The van der Waals surface area contributed by atoms with Crippen molar-refractivity contribution >= 4 is 22.9 Å². The molecule has 2 atom stereocenters. The molecule has 1 N–H and O–H groups in total. The van der Waals surface area contributed by atoms with Gasteiger partial charge in [0.25, 0.3) is 5.24 Å². The van der Waals surface area contributed by atoms with E-state index in [1.165, 1.54) is 29.3 Å². The number of benzene rings is 1. The second-order valence-corrected chi connectivity index (χ2v) is 9.08. The number of rotatable bonds is 7. The van der Waals surface area contributed by atoms with Crippen molar-refractivity contribution in [2.24, 2.45) is 11.8 Å².